The van der Waals surface area contributed by atoms with E-state index in [1.165, 1.54) is 35.0 Å². The smallest absolute Gasteiger partial charge is 0.408 e. The molecule has 2 fully saturated rings. The Hall–Kier alpha value is -4.20. The van der Waals surface area contributed by atoms with Gasteiger partial charge in [-0.1, -0.05) is 65.8 Å². The Labute approximate surface area is 312 Å². The van der Waals surface area contributed by atoms with Crippen LogP contribution in [0.5, 0.6) is 0 Å². The molecule has 296 valence electrons. The van der Waals surface area contributed by atoms with Crippen molar-refractivity contribution in [1.82, 2.24) is 31.5 Å². The summed E-state index contributed by atoms with van der Waals surface area (Å²) in [6.07, 6.45) is 4.52. The lowest BCUT2D eigenvalue weighted by molar-refractivity contribution is -0.143. The lowest BCUT2D eigenvalue weighted by Gasteiger charge is -2.35. The van der Waals surface area contributed by atoms with E-state index in [1.54, 1.807) is 51.1 Å². The summed E-state index contributed by atoms with van der Waals surface area (Å²) in [4.78, 5) is 91.5. The number of halogens is 2. The van der Waals surface area contributed by atoms with Gasteiger partial charge >= 0.3 is 6.09 Å². The van der Waals surface area contributed by atoms with Crippen LogP contribution >= 0.6 is 9.24 Å². The fourth-order valence-corrected chi connectivity index (χ4v) is 5.89. The van der Waals surface area contributed by atoms with Crippen LogP contribution in [0, 0.1) is 5.92 Å². The van der Waals surface area contributed by atoms with Crippen LogP contribution in [0.2, 0.25) is 0 Å². The number of alkyl halides is 2. The highest BCUT2D eigenvalue weighted by Crippen LogP contribution is 2.30. The monoisotopic (exact) mass is 768 g/mol. The molecule has 0 bridgehead atoms. The van der Waals surface area contributed by atoms with Gasteiger partial charge < -0.3 is 36.2 Å². The van der Waals surface area contributed by atoms with Crippen LogP contribution < -0.4 is 26.6 Å². The number of ether oxygens (including phenoxy) is 1. The first-order valence-electron chi connectivity index (χ1n) is 17.9. The van der Waals surface area contributed by atoms with Gasteiger partial charge in [0.25, 0.3) is 11.6 Å². The topological polar surface area (TPSA) is 192 Å². The summed E-state index contributed by atoms with van der Waals surface area (Å²) in [5.41, 5.74) is -2.76. The van der Waals surface area contributed by atoms with Crippen molar-refractivity contribution in [2.75, 3.05) is 20.1 Å². The molecule has 5 atom stereocenters. The molecule has 1 saturated heterocycles. The van der Waals surface area contributed by atoms with Crippen molar-refractivity contribution in [3.8, 4) is 0 Å². The summed E-state index contributed by atoms with van der Waals surface area (Å²) in [5, 5.41) is 12.5. The Morgan fingerprint density at radius 2 is 1.53 bits per heavy atom. The highest BCUT2D eigenvalue weighted by Gasteiger charge is 2.42. The summed E-state index contributed by atoms with van der Waals surface area (Å²) in [5.74, 6) is -4.33. The van der Waals surface area contributed by atoms with Crippen molar-refractivity contribution in [3.63, 3.8) is 0 Å². The molecule has 17 heteroatoms. The third-order valence-corrected chi connectivity index (χ3v) is 9.11. The third-order valence-electron chi connectivity index (χ3n) is 8.70. The molecule has 1 aromatic carbocycles. The van der Waals surface area contributed by atoms with E-state index in [0.29, 0.717) is 24.9 Å². The van der Waals surface area contributed by atoms with Crippen molar-refractivity contribution in [2.45, 2.75) is 121 Å². The molecule has 1 aliphatic heterocycles. The summed E-state index contributed by atoms with van der Waals surface area (Å²) < 4.78 is 28.2. The minimum absolute atomic E-state index is 0.0995. The number of nitrogens with zero attached hydrogens (tertiary/aromatic N) is 1. The Bertz CT molecular complexity index is 1430. The maximum Gasteiger partial charge on any atom is 0.408 e. The summed E-state index contributed by atoms with van der Waals surface area (Å²) in [6, 6.07) is 4.51. The third kappa shape index (κ3) is 15.4. The zero-order valence-corrected chi connectivity index (χ0v) is 32.5. The van der Waals surface area contributed by atoms with Crippen LogP contribution in [0.4, 0.5) is 13.6 Å². The number of carbonyl (C=O) groups excluding carboxylic acids is 7. The Balaban J connectivity index is 0.00000149. The van der Waals surface area contributed by atoms with Gasteiger partial charge in [-0.2, -0.15) is 0 Å². The number of carbonyl (C=O) groups is 7. The first-order chi connectivity index (χ1) is 24.8. The van der Waals surface area contributed by atoms with Crippen LogP contribution in [0.1, 0.15) is 97.6 Å². The van der Waals surface area contributed by atoms with Crippen molar-refractivity contribution < 1.29 is 47.1 Å². The zero-order valence-electron chi connectivity index (χ0n) is 31.4. The maximum atomic E-state index is 13.8. The molecule has 3 rings (SSSR count). The lowest BCUT2D eigenvalue weighted by atomic mass is 9.83. The molecule has 0 spiro atoms. The van der Waals surface area contributed by atoms with E-state index in [1.807, 2.05) is 0 Å². The molecule has 6 amide bonds. The Morgan fingerprint density at radius 3 is 2.08 bits per heavy atom. The SMILES string of the molecule is CCC(F)(F)P.CNC(=O)C(NC(=O)CNC(=O)C(=O)C(C)NC(=O)C1CCCN1C(=O)C(NC(=O)OC(C)(C)C)C1CCCCC1)c1ccccc1. The largest absolute Gasteiger partial charge is 0.444 e. The lowest BCUT2D eigenvalue weighted by Crippen LogP contribution is -2.58. The van der Waals surface area contributed by atoms with Crippen molar-refractivity contribution in [2.24, 2.45) is 5.92 Å². The number of benzene rings is 1. The molecule has 2 aliphatic rings. The van der Waals surface area contributed by atoms with Crippen molar-refractivity contribution in [3.05, 3.63) is 35.9 Å². The number of alkyl carbamates (subject to hydrolysis) is 1. The second-order valence-corrected chi connectivity index (χ2v) is 15.0. The van der Waals surface area contributed by atoms with E-state index < -0.39 is 77.5 Å². The zero-order chi connectivity index (χ0) is 39.9. The molecule has 14 nitrogen and oxygen atoms in total. The summed E-state index contributed by atoms with van der Waals surface area (Å²) >= 11 is 0. The number of Topliss-reactive ketones (excluding diaryl/α,β-unsaturated/α-hetero) is 1. The van der Waals surface area contributed by atoms with Gasteiger partial charge in [0.2, 0.25) is 29.4 Å². The minimum Gasteiger partial charge on any atom is -0.444 e. The first kappa shape index (κ1) is 45.0. The predicted molar refractivity (Wildman–Crippen MR) is 196 cm³/mol. The molecule has 1 heterocycles. The molecule has 0 aromatic heterocycles. The van der Waals surface area contributed by atoms with Gasteiger partial charge in [0.1, 0.15) is 23.7 Å². The van der Waals surface area contributed by atoms with E-state index in [2.05, 4.69) is 26.6 Å². The molecular formula is C36H55F2N6O8P. The van der Waals surface area contributed by atoms with Gasteiger partial charge in [0, 0.05) is 20.0 Å². The van der Waals surface area contributed by atoms with E-state index in [9.17, 15) is 42.3 Å². The molecule has 1 saturated carbocycles. The second-order valence-electron chi connectivity index (χ2n) is 14.1. The fourth-order valence-electron chi connectivity index (χ4n) is 5.89. The fraction of sp³-hybridized carbons (Fsp3) is 0.639. The molecule has 1 aliphatic carbocycles. The van der Waals surface area contributed by atoms with Gasteiger partial charge in [0.05, 0.1) is 12.6 Å². The van der Waals surface area contributed by atoms with Crippen LogP contribution in [0.25, 0.3) is 0 Å². The number of amides is 6. The van der Waals surface area contributed by atoms with Gasteiger partial charge in [-0.25, -0.2) is 13.6 Å². The van der Waals surface area contributed by atoms with Crippen LogP contribution in [-0.4, -0.2) is 95.8 Å². The molecule has 5 unspecified atom stereocenters. The number of hydrogen-bond acceptors (Lipinski definition) is 8. The predicted octanol–water partition coefficient (Wildman–Crippen LogP) is 3.11. The van der Waals surface area contributed by atoms with E-state index in [-0.39, 0.29) is 18.2 Å². The summed E-state index contributed by atoms with van der Waals surface area (Å²) in [6.45, 7) is 7.70. The number of nitrogens with one attached hydrogen (secondary N) is 5. The van der Waals surface area contributed by atoms with Gasteiger partial charge in [-0.3, -0.25) is 28.8 Å². The van der Waals surface area contributed by atoms with Gasteiger partial charge in [0.15, 0.2) is 0 Å². The standard InChI is InChI=1S/C33H48N6O8.C3H7F2P/c1-20(27(41)30(44)35-19-24(40)37-25(29(43)34-5)21-13-8-6-9-14-21)36-28(42)23-17-12-18-39(23)31(45)26(22-15-10-7-11-16-22)38-32(46)47-33(2,3)4;1-2-3(4,5)6/h6,8-9,13-14,20,22-23,25-26H,7,10-12,15-19H2,1-5H3,(H,34,43)(H,35,44)(H,36,42)(H,37,40)(H,38,46);2,6H2,1H3. The number of likely N-dealkylation sites (tertiary alicyclic amines) is 1. The average molecular weight is 769 g/mol. The maximum absolute atomic E-state index is 13.8. The van der Waals surface area contributed by atoms with Crippen LogP contribution in [0.3, 0.4) is 0 Å². The highest BCUT2D eigenvalue weighted by molar-refractivity contribution is 7.18. The van der Waals surface area contributed by atoms with E-state index in [4.69, 9.17) is 4.74 Å². The number of rotatable bonds is 13. The molecule has 1 aromatic rings. The minimum atomic E-state index is -2.54. The van der Waals surface area contributed by atoms with Crippen molar-refractivity contribution in [1.29, 1.82) is 0 Å². The molecular weight excluding hydrogens is 713 g/mol. The second kappa shape index (κ2) is 20.9. The van der Waals surface area contributed by atoms with Gasteiger partial charge in [-0.05, 0) is 64.9 Å². The molecule has 0 radical (unpaired) electrons. The van der Waals surface area contributed by atoms with Gasteiger partial charge in [-0.15, -0.1) is 0 Å². The first-order valence-corrected chi connectivity index (χ1v) is 18.5. The number of ketones is 1. The summed E-state index contributed by atoms with van der Waals surface area (Å²) in [7, 11) is 2.89. The van der Waals surface area contributed by atoms with Crippen molar-refractivity contribution >= 4 is 50.7 Å². The van der Waals surface area contributed by atoms with Crippen LogP contribution in [-0.2, 0) is 33.5 Å². The Morgan fingerprint density at radius 1 is 0.925 bits per heavy atom. The van der Waals surface area contributed by atoms with E-state index >= 15 is 0 Å². The number of likely N-dealkylation sites (N-methyl/N-ethyl adjacent to an activating group) is 1. The Kier molecular flexibility index (Phi) is 17.7. The van der Waals surface area contributed by atoms with Crippen LogP contribution in [0.15, 0.2) is 30.3 Å². The highest BCUT2D eigenvalue weighted by atomic mass is 31.0. The quantitative estimate of drug-likeness (QED) is 0.149. The molecule has 53 heavy (non-hydrogen) atoms. The molecule has 5 N–H and O–H groups in total. The normalized spacial score (nSPS) is 17.8. The number of hydrogen-bond donors (Lipinski definition) is 5. The van der Waals surface area contributed by atoms with E-state index in [0.717, 1.165) is 32.1 Å². The average Bonchev–Trinajstić information content (AvgIpc) is 3.61.